The summed E-state index contributed by atoms with van der Waals surface area (Å²) in [6.45, 7) is 1.01. The van der Waals surface area contributed by atoms with Crippen molar-refractivity contribution in [3.63, 3.8) is 0 Å². The number of aromatic nitrogens is 2. The summed E-state index contributed by atoms with van der Waals surface area (Å²) >= 11 is 0. The fourth-order valence-corrected chi connectivity index (χ4v) is 3.58. The number of rotatable bonds is 5. The molecule has 1 unspecified atom stereocenters. The lowest BCUT2D eigenvalue weighted by Gasteiger charge is -2.27. The van der Waals surface area contributed by atoms with Gasteiger partial charge in [0, 0.05) is 39.0 Å². The molecule has 3 heterocycles. The van der Waals surface area contributed by atoms with Crippen molar-refractivity contribution in [3.8, 4) is 0 Å². The molecule has 0 saturated carbocycles. The van der Waals surface area contributed by atoms with Crippen LogP contribution in [-0.2, 0) is 16.1 Å². The molecule has 1 fully saturated rings. The monoisotopic (exact) mass is 399 g/mol. The van der Waals surface area contributed by atoms with E-state index in [2.05, 4.69) is 10.3 Å². The van der Waals surface area contributed by atoms with Crippen molar-refractivity contribution in [1.82, 2.24) is 19.8 Å². The van der Waals surface area contributed by atoms with E-state index in [1.807, 2.05) is 4.57 Å². The van der Waals surface area contributed by atoms with Gasteiger partial charge in [-0.15, -0.1) is 0 Å². The number of hydrogen-bond acceptors (Lipinski definition) is 6. The molecule has 10 heteroatoms. The lowest BCUT2D eigenvalue weighted by molar-refractivity contribution is -0.136. The number of nitrogens with one attached hydrogen (secondary N) is 1. The van der Waals surface area contributed by atoms with Crippen LogP contribution in [-0.4, -0.2) is 57.7 Å². The predicted octanol–water partition coefficient (Wildman–Crippen LogP) is 0.560. The zero-order chi connectivity index (χ0) is 20.7. The van der Waals surface area contributed by atoms with E-state index in [-0.39, 0.29) is 29.7 Å². The molecule has 0 radical (unpaired) electrons. The lowest BCUT2D eigenvalue weighted by atomic mass is 10.0. The highest BCUT2D eigenvalue weighted by atomic mass is 19.1. The van der Waals surface area contributed by atoms with Crippen molar-refractivity contribution >= 4 is 29.3 Å². The first-order chi connectivity index (χ1) is 13.9. The first-order valence-electron chi connectivity index (χ1n) is 9.09. The van der Waals surface area contributed by atoms with Crippen LogP contribution in [0.1, 0.15) is 33.6 Å². The molecule has 4 amide bonds. The highest BCUT2D eigenvalue weighted by Crippen LogP contribution is 2.32. The molecule has 1 saturated heterocycles. The summed E-state index contributed by atoms with van der Waals surface area (Å²) < 4.78 is 16.5. The maximum absolute atomic E-state index is 14.7. The van der Waals surface area contributed by atoms with Crippen LogP contribution in [0.3, 0.4) is 0 Å². The first-order valence-corrected chi connectivity index (χ1v) is 9.09. The zero-order valence-corrected chi connectivity index (χ0v) is 15.6. The summed E-state index contributed by atoms with van der Waals surface area (Å²) in [6, 6.07) is 1.29. The van der Waals surface area contributed by atoms with Crippen molar-refractivity contribution in [1.29, 1.82) is 0 Å². The van der Waals surface area contributed by atoms with Gasteiger partial charge in [0.25, 0.3) is 11.8 Å². The van der Waals surface area contributed by atoms with Crippen LogP contribution >= 0.6 is 0 Å². The third-order valence-electron chi connectivity index (χ3n) is 5.17. The minimum Gasteiger partial charge on any atom is -0.370 e. The van der Waals surface area contributed by atoms with E-state index in [4.69, 9.17) is 0 Å². The smallest absolute Gasteiger partial charge is 0.262 e. The fraction of sp³-hybridized carbons (Fsp3) is 0.316. The standard InChI is InChI=1S/C19H18FN5O4/c1-23(6-7-24-5-4-21-10-24)15-9-12-11(8-13(15)20)18(28)25(19(12)29)14-2-3-16(26)22-17(14)27/h4-5,8-10,14H,2-3,6-7H2,1H3,(H,22,26,27). The zero-order valence-electron chi connectivity index (χ0n) is 15.6. The number of carbonyl (C=O) groups excluding carboxylic acids is 4. The van der Waals surface area contributed by atoms with Gasteiger partial charge in [-0.05, 0) is 18.6 Å². The van der Waals surface area contributed by atoms with Gasteiger partial charge in [-0.3, -0.25) is 29.4 Å². The number of imide groups is 2. The summed E-state index contributed by atoms with van der Waals surface area (Å²) in [4.78, 5) is 55.4. The minimum absolute atomic E-state index is 0.0282. The molecule has 2 aliphatic rings. The Hall–Kier alpha value is -3.56. The Morgan fingerprint density at radius 1 is 1.21 bits per heavy atom. The van der Waals surface area contributed by atoms with Gasteiger partial charge in [-0.25, -0.2) is 9.37 Å². The number of nitrogens with zero attached hydrogens (tertiary/aromatic N) is 4. The van der Waals surface area contributed by atoms with E-state index in [9.17, 15) is 23.6 Å². The van der Waals surface area contributed by atoms with Crippen molar-refractivity contribution in [3.05, 3.63) is 47.8 Å². The van der Waals surface area contributed by atoms with E-state index in [1.165, 1.54) is 6.07 Å². The van der Waals surface area contributed by atoms with E-state index in [1.54, 1.807) is 30.7 Å². The third-order valence-corrected chi connectivity index (χ3v) is 5.17. The summed E-state index contributed by atoms with van der Waals surface area (Å²) in [7, 11) is 1.68. The first kappa shape index (κ1) is 18.8. The summed E-state index contributed by atoms with van der Waals surface area (Å²) in [5.41, 5.74) is 0.143. The number of fused-ring (bicyclic) bond motifs is 1. The summed E-state index contributed by atoms with van der Waals surface area (Å²) in [5.74, 6) is -3.18. The van der Waals surface area contributed by atoms with Gasteiger partial charge >= 0.3 is 0 Å². The number of hydrogen-bond donors (Lipinski definition) is 1. The van der Waals surface area contributed by atoms with E-state index < -0.39 is 35.5 Å². The third kappa shape index (κ3) is 3.26. The van der Waals surface area contributed by atoms with Gasteiger partial charge in [0.2, 0.25) is 11.8 Å². The minimum atomic E-state index is -1.08. The number of piperidine rings is 1. The molecule has 2 aliphatic heterocycles. The Bertz CT molecular complexity index is 1020. The molecule has 1 aromatic carbocycles. The molecule has 4 rings (SSSR count). The van der Waals surface area contributed by atoms with Crippen LogP contribution in [0, 0.1) is 5.82 Å². The van der Waals surface area contributed by atoms with Gasteiger partial charge < -0.3 is 9.47 Å². The second-order valence-electron chi connectivity index (χ2n) is 7.02. The van der Waals surface area contributed by atoms with E-state index >= 15 is 0 Å². The van der Waals surface area contributed by atoms with E-state index in [0.29, 0.717) is 13.1 Å². The van der Waals surface area contributed by atoms with Crippen LogP contribution in [0.5, 0.6) is 0 Å². The quantitative estimate of drug-likeness (QED) is 0.737. The largest absolute Gasteiger partial charge is 0.370 e. The molecule has 1 aromatic heterocycles. The fourth-order valence-electron chi connectivity index (χ4n) is 3.58. The Balaban J connectivity index is 1.59. The molecule has 9 nitrogen and oxygen atoms in total. The number of amides is 4. The van der Waals surface area contributed by atoms with Crippen molar-refractivity contribution in [2.45, 2.75) is 25.4 Å². The number of likely N-dealkylation sites (N-methyl/N-ethyl adjacent to an activating group) is 1. The maximum atomic E-state index is 14.7. The molecule has 0 aliphatic carbocycles. The predicted molar refractivity (Wildman–Crippen MR) is 98.6 cm³/mol. The summed E-state index contributed by atoms with van der Waals surface area (Å²) in [6.07, 6.45) is 5.15. The van der Waals surface area contributed by atoms with Crippen molar-refractivity contribution in [2.24, 2.45) is 0 Å². The van der Waals surface area contributed by atoms with Crippen LogP contribution in [0.15, 0.2) is 30.9 Å². The number of anilines is 1. The molecular weight excluding hydrogens is 381 g/mol. The molecule has 1 N–H and O–H groups in total. The van der Waals surface area contributed by atoms with Crippen LogP contribution in [0.25, 0.3) is 0 Å². The van der Waals surface area contributed by atoms with Gasteiger partial charge in [-0.1, -0.05) is 0 Å². The second-order valence-corrected chi connectivity index (χ2v) is 7.02. The van der Waals surface area contributed by atoms with Crippen LogP contribution < -0.4 is 10.2 Å². The molecule has 150 valence electrons. The van der Waals surface area contributed by atoms with Crippen molar-refractivity contribution in [2.75, 3.05) is 18.5 Å². The van der Waals surface area contributed by atoms with Gasteiger partial charge in [0.1, 0.15) is 11.9 Å². The highest BCUT2D eigenvalue weighted by Gasteiger charge is 2.45. The maximum Gasteiger partial charge on any atom is 0.262 e. The van der Waals surface area contributed by atoms with Crippen LogP contribution in [0.4, 0.5) is 10.1 Å². The number of imidazole rings is 1. The average molecular weight is 399 g/mol. The Morgan fingerprint density at radius 3 is 2.59 bits per heavy atom. The molecule has 1 atom stereocenters. The molecule has 0 bridgehead atoms. The van der Waals surface area contributed by atoms with Crippen LogP contribution in [0.2, 0.25) is 0 Å². The second kappa shape index (κ2) is 7.12. The summed E-state index contributed by atoms with van der Waals surface area (Å²) in [5, 5.41) is 2.13. The number of halogens is 1. The van der Waals surface area contributed by atoms with E-state index in [0.717, 1.165) is 11.0 Å². The lowest BCUT2D eigenvalue weighted by Crippen LogP contribution is -2.54. The van der Waals surface area contributed by atoms with Gasteiger partial charge in [0.05, 0.1) is 23.1 Å². The van der Waals surface area contributed by atoms with Gasteiger partial charge in [0.15, 0.2) is 0 Å². The Morgan fingerprint density at radius 2 is 1.93 bits per heavy atom. The molecule has 2 aromatic rings. The molecule has 29 heavy (non-hydrogen) atoms. The number of carbonyl (C=O) groups is 4. The molecular formula is C19H18FN5O4. The molecule has 0 spiro atoms. The van der Waals surface area contributed by atoms with Crippen molar-refractivity contribution < 1.29 is 23.6 Å². The topological polar surface area (TPSA) is 105 Å². The average Bonchev–Trinajstić information content (AvgIpc) is 3.28. The normalized spacial score (nSPS) is 18.8. The SMILES string of the molecule is CN(CCn1ccnc1)c1cc2c(cc1F)C(=O)N(C1CCC(=O)NC1=O)C2=O. The Kier molecular flexibility index (Phi) is 4.61. The van der Waals surface area contributed by atoms with Gasteiger partial charge in [-0.2, -0.15) is 0 Å². The highest BCUT2D eigenvalue weighted by molar-refractivity contribution is 6.23. The Labute approximate surface area is 165 Å². The number of benzene rings is 1.